The topological polar surface area (TPSA) is 60.4 Å². The number of nitrogens with zero attached hydrogens (tertiary/aromatic N) is 2. The molecule has 1 amide bonds. The number of carbonyl (C=O) groups excluding carboxylic acids is 1. The molecule has 2 rings (SSSR count). The maximum atomic E-state index is 12.7. The zero-order valence-corrected chi connectivity index (χ0v) is 18.8. The Kier molecular flexibility index (Phi) is 8.71. The van der Waals surface area contributed by atoms with Crippen LogP contribution in [0.3, 0.4) is 0 Å². The standard InChI is InChI=1S/C24H32N2O4/c1-17(2)16-30-24(25-23(27)20-10-8-7-9-18(20)3)26(4)14-13-19-11-12-21(28-5)22(15-19)29-6/h7-12,15,17H,13-14,16H2,1-6H3. The van der Waals surface area contributed by atoms with Crippen LogP contribution in [0.1, 0.15) is 35.3 Å². The third kappa shape index (κ3) is 6.51. The average Bonchev–Trinajstić information content (AvgIpc) is 2.74. The first-order valence-electron chi connectivity index (χ1n) is 10.1. The summed E-state index contributed by atoms with van der Waals surface area (Å²) in [6.45, 7) is 7.14. The summed E-state index contributed by atoms with van der Waals surface area (Å²) >= 11 is 0. The molecule has 0 aliphatic carbocycles. The number of benzene rings is 2. The highest BCUT2D eigenvalue weighted by Gasteiger charge is 2.15. The van der Waals surface area contributed by atoms with E-state index in [1.807, 2.05) is 55.3 Å². The molecule has 0 bridgehead atoms. The number of methoxy groups -OCH3 is 2. The van der Waals surface area contributed by atoms with Crippen molar-refractivity contribution in [3.63, 3.8) is 0 Å². The number of carbonyl (C=O) groups is 1. The van der Waals surface area contributed by atoms with E-state index >= 15 is 0 Å². The molecule has 6 heteroatoms. The lowest BCUT2D eigenvalue weighted by molar-refractivity contribution is 0.0992. The minimum atomic E-state index is -0.301. The quantitative estimate of drug-likeness (QED) is 0.476. The van der Waals surface area contributed by atoms with E-state index in [2.05, 4.69) is 18.8 Å². The Morgan fingerprint density at radius 3 is 2.40 bits per heavy atom. The number of amides is 1. The summed E-state index contributed by atoms with van der Waals surface area (Å²) in [7, 11) is 5.12. The molecule has 0 saturated heterocycles. The first-order chi connectivity index (χ1) is 14.3. The molecule has 0 aromatic heterocycles. The second kappa shape index (κ2) is 11.2. The molecule has 0 aliphatic rings. The summed E-state index contributed by atoms with van der Waals surface area (Å²) in [5, 5.41) is 0. The number of aryl methyl sites for hydroxylation is 1. The number of hydrogen-bond acceptors (Lipinski definition) is 4. The fraction of sp³-hybridized carbons (Fsp3) is 0.417. The number of amidine groups is 1. The van der Waals surface area contributed by atoms with E-state index in [4.69, 9.17) is 14.2 Å². The molecule has 0 atom stereocenters. The smallest absolute Gasteiger partial charge is 0.295 e. The first kappa shape index (κ1) is 23.3. The van der Waals surface area contributed by atoms with Gasteiger partial charge >= 0.3 is 0 Å². The number of aliphatic imine (C=N–C) groups is 1. The number of ether oxygens (including phenoxy) is 3. The van der Waals surface area contributed by atoms with Gasteiger partial charge in [-0.1, -0.05) is 38.1 Å². The van der Waals surface area contributed by atoms with Crippen LogP contribution in [0.15, 0.2) is 47.5 Å². The highest BCUT2D eigenvalue weighted by atomic mass is 16.5. The van der Waals surface area contributed by atoms with Crippen molar-refractivity contribution in [1.29, 1.82) is 0 Å². The van der Waals surface area contributed by atoms with Gasteiger partial charge < -0.3 is 19.1 Å². The van der Waals surface area contributed by atoms with Gasteiger partial charge in [-0.05, 0) is 48.6 Å². The van der Waals surface area contributed by atoms with Crippen LogP contribution in [0.4, 0.5) is 0 Å². The predicted molar refractivity (Wildman–Crippen MR) is 120 cm³/mol. The molecule has 0 heterocycles. The summed E-state index contributed by atoms with van der Waals surface area (Å²) in [4.78, 5) is 18.9. The molecule has 0 aliphatic heterocycles. The van der Waals surface area contributed by atoms with E-state index in [1.165, 1.54) is 0 Å². The van der Waals surface area contributed by atoms with Gasteiger partial charge in [-0.2, -0.15) is 4.99 Å². The Labute approximate surface area is 179 Å². The van der Waals surface area contributed by atoms with E-state index in [-0.39, 0.29) is 5.91 Å². The summed E-state index contributed by atoms with van der Waals surface area (Å²) < 4.78 is 16.5. The molecule has 0 spiro atoms. The summed E-state index contributed by atoms with van der Waals surface area (Å²) in [6.07, 6.45) is 0.736. The van der Waals surface area contributed by atoms with Crippen LogP contribution >= 0.6 is 0 Å². The van der Waals surface area contributed by atoms with Crippen LogP contribution in [0.5, 0.6) is 11.5 Å². The summed E-state index contributed by atoms with van der Waals surface area (Å²) in [5.74, 6) is 1.41. The van der Waals surface area contributed by atoms with Crippen molar-refractivity contribution in [2.24, 2.45) is 10.9 Å². The maximum Gasteiger partial charge on any atom is 0.295 e. The van der Waals surface area contributed by atoms with Crippen molar-refractivity contribution in [1.82, 2.24) is 4.90 Å². The average molecular weight is 413 g/mol. The van der Waals surface area contributed by atoms with Crippen LogP contribution < -0.4 is 9.47 Å². The van der Waals surface area contributed by atoms with Crippen molar-refractivity contribution in [2.75, 3.05) is 34.4 Å². The summed E-state index contributed by atoms with van der Waals surface area (Å²) in [5.41, 5.74) is 2.56. The minimum absolute atomic E-state index is 0.301. The van der Waals surface area contributed by atoms with Crippen molar-refractivity contribution in [3.8, 4) is 11.5 Å². The van der Waals surface area contributed by atoms with Crippen molar-refractivity contribution >= 4 is 11.9 Å². The third-order valence-corrected chi connectivity index (χ3v) is 4.63. The Bertz CT molecular complexity index is 877. The zero-order chi connectivity index (χ0) is 22.1. The number of likely N-dealkylation sites (N-methyl/N-ethyl adjacent to an activating group) is 1. The Morgan fingerprint density at radius 1 is 1.07 bits per heavy atom. The maximum absolute atomic E-state index is 12.7. The zero-order valence-electron chi connectivity index (χ0n) is 18.8. The Morgan fingerprint density at radius 2 is 1.77 bits per heavy atom. The number of rotatable bonds is 8. The lowest BCUT2D eigenvalue weighted by Gasteiger charge is -2.22. The van der Waals surface area contributed by atoms with Gasteiger partial charge in [0.1, 0.15) is 0 Å². The van der Waals surface area contributed by atoms with Crippen molar-refractivity contribution in [3.05, 3.63) is 59.2 Å². The van der Waals surface area contributed by atoms with Gasteiger partial charge in [-0.15, -0.1) is 0 Å². The Hall–Kier alpha value is -3.02. The largest absolute Gasteiger partial charge is 0.493 e. The van der Waals surface area contributed by atoms with E-state index in [0.717, 1.165) is 17.5 Å². The van der Waals surface area contributed by atoms with Crippen LogP contribution in [0.2, 0.25) is 0 Å². The van der Waals surface area contributed by atoms with Gasteiger partial charge in [-0.3, -0.25) is 4.79 Å². The minimum Gasteiger partial charge on any atom is -0.493 e. The second-order valence-electron chi connectivity index (χ2n) is 7.58. The molecule has 0 N–H and O–H groups in total. The molecule has 162 valence electrons. The molecule has 0 fully saturated rings. The van der Waals surface area contributed by atoms with Crippen LogP contribution in [-0.2, 0) is 11.2 Å². The third-order valence-electron chi connectivity index (χ3n) is 4.63. The SMILES string of the molecule is COc1ccc(CCN(C)C(=NC(=O)c2ccccc2C)OCC(C)C)cc1OC. The van der Waals surface area contributed by atoms with Crippen molar-refractivity contribution in [2.45, 2.75) is 27.2 Å². The molecular formula is C24H32N2O4. The molecule has 2 aromatic carbocycles. The van der Waals surface area contributed by atoms with Crippen LogP contribution in [0.25, 0.3) is 0 Å². The normalized spacial score (nSPS) is 11.4. The predicted octanol–water partition coefficient (Wildman–Crippen LogP) is 4.36. The van der Waals surface area contributed by atoms with E-state index in [0.29, 0.717) is 42.2 Å². The molecule has 30 heavy (non-hydrogen) atoms. The highest BCUT2D eigenvalue weighted by molar-refractivity contribution is 6.02. The van der Waals surface area contributed by atoms with E-state index in [1.54, 1.807) is 20.3 Å². The molecule has 0 radical (unpaired) electrons. The molecule has 0 unspecified atom stereocenters. The first-order valence-corrected chi connectivity index (χ1v) is 10.1. The van der Waals surface area contributed by atoms with Gasteiger partial charge in [0.15, 0.2) is 11.5 Å². The van der Waals surface area contributed by atoms with Gasteiger partial charge in [0, 0.05) is 19.2 Å². The molecular weight excluding hydrogens is 380 g/mol. The van der Waals surface area contributed by atoms with Gasteiger partial charge in [-0.25, -0.2) is 0 Å². The molecule has 0 saturated carbocycles. The highest BCUT2D eigenvalue weighted by Crippen LogP contribution is 2.27. The van der Waals surface area contributed by atoms with Crippen LogP contribution in [0, 0.1) is 12.8 Å². The van der Waals surface area contributed by atoms with Crippen LogP contribution in [-0.4, -0.2) is 51.2 Å². The van der Waals surface area contributed by atoms with Gasteiger partial charge in [0.25, 0.3) is 11.9 Å². The number of hydrogen-bond donors (Lipinski definition) is 0. The van der Waals surface area contributed by atoms with Gasteiger partial charge in [0.05, 0.1) is 20.8 Å². The second-order valence-corrected chi connectivity index (χ2v) is 7.58. The fourth-order valence-electron chi connectivity index (χ4n) is 2.86. The van der Waals surface area contributed by atoms with E-state index in [9.17, 15) is 4.79 Å². The monoisotopic (exact) mass is 412 g/mol. The fourth-order valence-corrected chi connectivity index (χ4v) is 2.86. The lowest BCUT2D eigenvalue weighted by atomic mass is 10.1. The molecule has 2 aromatic rings. The summed E-state index contributed by atoms with van der Waals surface area (Å²) in [6, 6.07) is 13.6. The lowest BCUT2D eigenvalue weighted by Crippen LogP contribution is -2.33. The Balaban J connectivity index is 2.16. The molecule has 6 nitrogen and oxygen atoms in total. The van der Waals surface area contributed by atoms with Gasteiger partial charge in [0.2, 0.25) is 0 Å². The van der Waals surface area contributed by atoms with E-state index < -0.39 is 0 Å². The van der Waals surface area contributed by atoms with Crippen molar-refractivity contribution < 1.29 is 19.0 Å².